The number of benzene rings is 1. The van der Waals surface area contributed by atoms with Gasteiger partial charge in [0.05, 0.1) is 12.7 Å². The van der Waals surface area contributed by atoms with Crippen molar-refractivity contribution >= 4 is 6.29 Å². The highest BCUT2D eigenvalue weighted by molar-refractivity contribution is 5.70. The molecule has 2 aromatic rings. The first-order valence-electron chi connectivity index (χ1n) is 5.01. The molecule has 0 saturated heterocycles. The molecule has 2 rings (SSSR count). The summed E-state index contributed by atoms with van der Waals surface area (Å²) < 4.78 is 19.5. The molecule has 0 aliphatic heterocycles. The smallest absolute Gasteiger partial charge is 0.171 e. The number of ether oxygens (including phenoxy) is 1. The van der Waals surface area contributed by atoms with Crippen LogP contribution in [0.1, 0.15) is 10.5 Å². The fourth-order valence-corrected chi connectivity index (χ4v) is 1.26. The van der Waals surface area contributed by atoms with Crippen LogP contribution in [-0.2, 0) is 6.54 Å². The topological polar surface area (TPSA) is 57.0 Å². The van der Waals surface area contributed by atoms with Crippen molar-refractivity contribution < 1.29 is 13.9 Å². The zero-order chi connectivity index (χ0) is 12.1. The summed E-state index contributed by atoms with van der Waals surface area (Å²) >= 11 is 0. The van der Waals surface area contributed by atoms with Crippen LogP contribution >= 0.6 is 0 Å². The zero-order valence-electron chi connectivity index (χ0n) is 8.91. The molecule has 88 valence electrons. The molecule has 0 aliphatic carbocycles. The van der Waals surface area contributed by atoms with Gasteiger partial charge in [0.2, 0.25) is 0 Å². The van der Waals surface area contributed by atoms with Crippen molar-refractivity contribution in [2.24, 2.45) is 0 Å². The summed E-state index contributed by atoms with van der Waals surface area (Å²) in [4.78, 5) is 10.4. The lowest BCUT2D eigenvalue weighted by Crippen LogP contribution is -2.08. The van der Waals surface area contributed by atoms with Crippen LogP contribution in [0.3, 0.4) is 0 Å². The third kappa shape index (κ3) is 3.10. The maximum absolute atomic E-state index is 12.6. The van der Waals surface area contributed by atoms with Gasteiger partial charge >= 0.3 is 0 Å². The summed E-state index contributed by atoms with van der Waals surface area (Å²) in [6.45, 7) is 0.839. The predicted octanol–water partition coefficient (Wildman–Crippen LogP) is 1.31. The van der Waals surface area contributed by atoms with E-state index in [1.165, 1.54) is 23.0 Å². The van der Waals surface area contributed by atoms with E-state index in [1.54, 1.807) is 12.1 Å². The molecule has 0 radical (unpaired) electrons. The summed E-state index contributed by atoms with van der Waals surface area (Å²) in [6, 6.07) is 5.76. The van der Waals surface area contributed by atoms with E-state index in [1.807, 2.05) is 0 Å². The average molecular weight is 235 g/mol. The predicted molar refractivity (Wildman–Crippen MR) is 57.3 cm³/mol. The zero-order valence-corrected chi connectivity index (χ0v) is 8.91. The van der Waals surface area contributed by atoms with Gasteiger partial charge in [0, 0.05) is 0 Å². The van der Waals surface area contributed by atoms with E-state index in [0.717, 1.165) is 0 Å². The molecule has 0 unspecified atom stereocenters. The van der Waals surface area contributed by atoms with Gasteiger partial charge in [-0.3, -0.25) is 4.79 Å². The third-order valence-electron chi connectivity index (χ3n) is 2.08. The number of rotatable bonds is 5. The lowest BCUT2D eigenvalue weighted by molar-refractivity contribution is 0.111. The Kier molecular flexibility index (Phi) is 3.44. The molecule has 0 N–H and O–H groups in total. The number of hydrogen-bond donors (Lipinski definition) is 0. The number of halogens is 1. The van der Waals surface area contributed by atoms with E-state index < -0.39 is 0 Å². The van der Waals surface area contributed by atoms with Crippen molar-refractivity contribution in [2.75, 3.05) is 6.61 Å². The van der Waals surface area contributed by atoms with Crippen molar-refractivity contribution in [3.63, 3.8) is 0 Å². The molecule has 17 heavy (non-hydrogen) atoms. The average Bonchev–Trinajstić information content (AvgIpc) is 2.80. The van der Waals surface area contributed by atoms with Crippen molar-refractivity contribution in [3.8, 4) is 5.75 Å². The number of aromatic nitrogens is 3. The van der Waals surface area contributed by atoms with Crippen LogP contribution in [0.4, 0.5) is 4.39 Å². The normalized spacial score (nSPS) is 10.2. The van der Waals surface area contributed by atoms with Crippen LogP contribution in [-0.4, -0.2) is 27.9 Å². The number of carbonyl (C=O) groups excluding carboxylic acids is 1. The van der Waals surface area contributed by atoms with E-state index in [-0.39, 0.29) is 11.5 Å². The molecule has 0 spiro atoms. The fourth-order valence-electron chi connectivity index (χ4n) is 1.26. The Morgan fingerprint density at radius 3 is 2.76 bits per heavy atom. The first-order chi connectivity index (χ1) is 8.28. The van der Waals surface area contributed by atoms with E-state index in [2.05, 4.69) is 10.3 Å². The largest absolute Gasteiger partial charge is 0.492 e. The van der Waals surface area contributed by atoms with Crippen LogP contribution in [0.15, 0.2) is 30.5 Å². The minimum Gasteiger partial charge on any atom is -0.492 e. The van der Waals surface area contributed by atoms with Gasteiger partial charge in [0.25, 0.3) is 0 Å². The van der Waals surface area contributed by atoms with Crippen LogP contribution in [0.25, 0.3) is 0 Å². The quantitative estimate of drug-likeness (QED) is 0.733. The maximum atomic E-state index is 12.6. The van der Waals surface area contributed by atoms with Crippen LogP contribution in [0.5, 0.6) is 5.75 Å². The van der Waals surface area contributed by atoms with Crippen LogP contribution in [0.2, 0.25) is 0 Å². The lowest BCUT2D eigenvalue weighted by Gasteiger charge is -2.05. The molecule has 0 bridgehead atoms. The van der Waals surface area contributed by atoms with Gasteiger partial charge in [-0.1, -0.05) is 5.21 Å². The number of nitrogens with zero attached hydrogens (tertiary/aromatic N) is 3. The van der Waals surface area contributed by atoms with E-state index in [4.69, 9.17) is 4.74 Å². The summed E-state index contributed by atoms with van der Waals surface area (Å²) in [5.74, 6) is 0.284. The highest BCUT2D eigenvalue weighted by Crippen LogP contribution is 2.10. The number of aldehydes is 1. The first kappa shape index (κ1) is 11.3. The SMILES string of the molecule is O=Cc1cn(CCOc2ccc(F)cc2)nn1. The number of carbonyl (C=O) groups is 1. The molecule has 5 nitrogen and oxygen atoms in total. The molecule has 0 saturated carbocycles. The maximum Gasteiger partial charge on any atom is 0.171 e. The Balaban J connectivity index is 1.83. The third-order valence-corrected chi connectivity index (χ3v) is 2.08. The molecular weight excluding hydrogens is 225 g/mol. The Hall–Kier alpha value is -2.24. The summed E-state index contributed by atoms with van der Waals surface area (Å²) in [5.41, 5.74) is 0.284. The second-order valence-corrected chi connectivity index (χ2v) is 3.33. The molecule has 1 aromatic heterocycles. The first-order valence-corrected chi connectivity index (χ1v) is 5.01. The standard InChI is InChI=1S/C11H10FN3O2/c12-9-1-3-11(4-2-9)17-6-5-15-7-10(8-16)13-14-15/h1-4,7-8H,5-6H2. The Morgan fingerprint density at radius 1 is 1.35 bits per heavy atom. The summed E-state index contributed by atoms with van der Waals surface area (Å²) in [5, 5.41) is 7.34. The Morgan fingerprint density at radius 2 is 2.12 bits per heavy atom. The second-order valence-electron chi connectivity index (χ2n) is 3.33. The minimum absolute atomic E-state index is 0.284. The molecule has 6 heteroatoms. The van der Waals surface area contributed by atoms with Gasteiger partial charge in [-0.25, -0.2) is 9.07 Å². The molecular formula is C11H10FN3O2. The highest BCUT2D eigenvalue weighted by Gasteiger charge is 1.99. The van der Waals surface area contributed by atoms with Crippen LogP contribution in [0, 0.1) is 5.82 Å². The van der Waals surface area contributed by atoms with Gasteiger partial charge in [-0.2, -0.15) is 0 Å². The molecule has 1 aromatic carbocycles. The molecule has 0 fully saturated rings. The minimum atomic E-state index is -0.302. The van der Waals surface area contributed by atoms with Gasteiger partial charge in [0.15, 0.2) is 6.29 Å². The second kappa shape index (κ2) is 5.20. The van der Waals surface area contributed by atoms with E-state index in [9.17, 15) is 9.18 Å². The molecule has 0 atom stereocenters. The lowest BCUT2D eigenvalue weighted by atomic mass is 10.3. The van der Waals surface area contributed by atoms with Crippen molar-refractivity contribution in [2.45, 2.75) is 6.54 Å². The van der Waals surface area contributed by atoms with Crippen molar-refractivity contribution in [3.05, 3.63) is 42.0 Å². The Bertz CT molecular complexity index is 496. The molecule has 1 heterocycles. The van der Waals surface area contributed by atoms with Crippen molar-refractivity contribution in [1.29, 1.82) is 0 Å². The van der Waals surface area contributed by atoms with Gasteiger partial charge in [-0.05, 0) is 24.3 Å². The van der Waals surface area contributed by atoms with Crippen molar-refractivity contribution in [1.82, 2.24) is 15.0 Å². The summed E-state index contributed by atoms with van der Waals surface area (Å²) in [7, 11) is 0. The molecule has 0 amide bonds. The fraction of sp³-hybridized carbons (Fsp3) is 0.182. The Labute approximate surface area is 96.8 Å². The highest BCUT2D eigenvalue weighted by atomic mass is 19.1. The van der Waals surface area contributed by atoms with Crippen LogP contribution < -0.4 is 4.74 Å². The molecule has 0 aliphatic rings. The van der Waals surface area contributed by atoms with Gasteiger partial charge in [-0.15, -0.1) is 5.10 Å². The van der Waals surface area contributed by atoms with Gasteiger partial charge < -0.3 is 4.74 Å². The van der Waals surface area contributed by atoms with E-state index >= 15 is 0 Å². The van der Waals surface area contributed by atoms with Gasteiger partial charge in [0.1, 0.15) is 23.9 Å². The van der Waals surface area contributed by atoms with E-state index in [0.29, 0.717) is 25.2 Å². The summed E-state index contributed by atoms with van der Waals surface area (Å²) in [6.07, 6.45) is 2.16. The monoisotopic (exact) mass is 235 g/mol. The number of hydrogen-bond acceptors (Lipinski definition) is 4.